The predicted molar refractivity (Wildman–Crippen MR) is 75.4 cm³/mol. The molecule has 0 heterocycles. The monoisotopic (exact) mass is 287 g/mol. The number of carbonyl (C=O) groups excluding carboxylic acids is 2. The first-order valence-corrected chi connectivity index (χ1v) is 6.87. The van der Waals surface area contributed by atoms with E-state index in [1.807, 2.05) is 13.8 Å². The second-order valence-electron chi connectivity index (χ2n) is 4.78. The molecule has 0 radical (unpaired) electrons. The normalized spacial score (nSPS) is 11.6. The van der Waals surface area contributed by atoms with Gasteiger partial charge in [0.05, 0.1) is 6.42 Å². The fourth-order valence-corrected chi connectivity index (χ4v) is 1.59. The Kier molecular flexibility index (Phi) is 9.15. The van der Waals surface area contributed by atoms with E-state index in [1.165, 1.54) is 11.9 Å². The lowest BCUT2D eigenvalue weighted by atomic mass is 10.1. The average molecular weight is 287 g/mol. The van der Waals surface area contributed by atoms with Crippen molar-refractivity contribution in [2.75, 3.05) is 26.7 Å². The van der Waals surface area contributed by atoms with Gasteiger partial charge in [-0.25, -0.2) is 4.79 Å². The lowest BCUT2D eigenvalue weighted by Gasteiger charge is -2.17. The molecule has 0 aliphatic heterocycles. The summed E-state index contributed by atoms with van der Waals surface area (Å²) in [6, 6.07) is -0.345. The van der Waals surface area contributed by atoms with Crippen LogP contribution >= 0.6 is 0 Å². The van der Waals surface area contributed by atoms with Crippen LogP contribution in [0.4, 0.5) is 4.79 Å². The van der Waals surface area contributed by atoms with E-state index in [-0.39, 0.29) is 30.8 Å². The molecule has 7 heteroatoms. The Hall–Kier alpha value is -1.79. The first-order valence-electron chi connectivity index (χ1n) is 6.87. The number of nitrogens with one attached hydrogen (secondary N) is 2. The highest BCUT2D eigenvalue weighted by atomic mass is 16.4. The number of amides is 3. The zero-order valence-electron chi connectivity index (χ0n) is 12.4. The van der Waals surface area contributed by atoms with E-state index in [9.17, 15) is 14.4 Å². The van der Waals surface area contributed by atoms with Crippen molar-refractivity contribution in [3.8, 4) is 0 Å². The maximum Gasteiger partial charge on any atom is 0.317 e. The second-order valence-corrected chi connectivity index (χ2v) is 4.78. The van der Waals surface area contributed by atoms with Crippen molar-refractivity contribution in [3.05, 3.63) is 0 Å². The number of aliphatic carboxylic acids is 1. The third-order valence-electron chi connectivity index (χ3n) is 2.88. The van der Waals surface area contributed by atoms with Crippen LogP contribution in [-0.4, -0.2) is 54.6 Å². The Morgan fingerprint density at radius 2 is 1.80 bits per heavy atom. The number of hydrogen-bond acceptors (Lipinski definition) is 3. The van der Waals surface area contributed by atoms with Crippen molar-refractivity contribution in [1.29, 1.82) is 0 Å². The molecule has 0 aromatic carbocycles. The van der Waals surface area contributed by atoms with Gasteiger partial charge >= 0.3 is 12.0 Å². The summed E-state index contributed by atoms with van der Waals surface area (Å²) >= 11 is 0. The highest BCUT2D eigenvalue weighted by Crippen LogP contribution is 2.03. The molecule has 0 saturated carbocycles. The quantitative estimate of drug-likeness (QED) is 0.542. The molecule has 0 aromatic rings. The molecule has 0 spiro atoms. The van der Waals surface area contributed by atoms with E-state index in [0.717, 1.165) is 12.8 Å². The van der Waals surface area contributed by atoms with Gasteiger partial charge in [-0.05, 0) is 6.42 Å². The van der Waals surface area contributed by atoms with Crippen molar-refractivity contribution in [2.24, 2.45) is 5.92 Å². The smallest absolute Gasteiger partial charge is 0.317 e. The Bertz CT molecular complexity index is 334. The number of hydrogen-bond donors (Lipinski definition) is 3. The largest absolute Gasteiger partial charge is 0.481 e. The topological polar surface area (TPSA) is 98.7 Å². The van der Waals surface area contributed by atoms with E-state index in [0.29, 0.717) is 13.1 Å². The molecule has 0 aromatic heterocycles. The van der Waals surface area contributed by atoms with Crippen LogP contribution in [0.1, 0.15) is 33.1 Å². The fraction of sp³-hybridized carbons (Fsp3) is 0.769. The second kappa shape index (κ2) is 10.1. The molecule has 116 valence electrons. The first-order chi connectivity index (χ1) is 9.38. The Labute approximate surface area is 119 Å². The van der Waals surface area contributed by atoms with Gasteiger partial charge in [-0.1, -0.05) is 20.3 Å². The fourth-order valence-electron chi connectivity index (χ4n) is 1.59. The van der Waals surface area contributed by atoms with Gasteiger partial charge in [0.15, 0.2) is 0 Å². The summed E-state index contributed by atoms with van der Waals surface area (Å²) in [5, 5.41) is 13.9. The van der Waals surface area contributed by atoms with Crippen LogP contribution in [0, 0.1) is 5.92 Å². The maximum absolute atomic E-state index is 11.6. The van der Waals surface area contributed by atoms with E-state index < -0.39 is 5.97 Å². The summed E-state index contributed by atoms with van der Waals surface area (Å²) < 4.78 is 0. The minimum absolute atomic E-state index is 0.0136. The molecule has 0 fully saturated rings. The number of carboxylic acid groups (broad SMARTS) is 1. The van der Waals surface area contributed by atoms with E-state index in [2.05, 4.69) is 10.6 Å². The van der Waals surface area contributed by atoms with Gasteiger partial charge in [0.2, 0.25) is 5.91 Å². The summed E-state index contributed by atoms with van der Waals surface area (Å²) in [4.78, 5) is 34.8. The van der Waals surface area contributed by atoms with Crippen LogP contribution in [-0.2, 0) is 9.59 Å². The molecule has 0 rings (SSSR count). The molecule has 0 aliphatic carbocycles. The summed E-state index contributed by atoms with van der Waals surface area (Å²) in [6.07, 6.45) is 1.71. The van der Waals surface area contributed by atoms with Gasteiger partial charge in [-0.15, -0.1) is 0 Å². The molecule has 3 N–H and O–H groups in total. The van der Waals surface area contributed by atoms with Crippen molar-refractivity contribution in [2.45, 2.75) is 33.1 Å². The van der Waals surface area contributed by atoms with Crippen molar-refractivity contribution in [1.82, 2.24) is 15.5 Å². The Morgan fingerprint density at radius 3 is 2.35 bits per heavy atom. The lowest BCUT2D eigenvalue weighted by Crippen LogP contribution is -2.42. The SMILES string of the molecule is CCCC(C)C(=O)NCCNC(=O)N(C)CCC(=O)O. The third-order valence-corrected chi connectivity index (χ3v) is 2.88. The van der Waals surface area contributed by atoms with Crippen LogP contribution in [0.25, 0.3) is 0 Å². The van der Waals surface area contributed by atoms with Gasteiger partial charge in [0.1, 0.15) is 0 Å². The summed E-state index contributed by atoms with van der Waals surface area (Å²) in [5.74, 6) is -0.976. The van der Waals surface area contributed by atoms with Crippen molar-refractivity contribution >= 4 is 17.9 Å². The number of nitrogens with zero attached hydrogens (tertiary/aromatic N) is 1. The lowest BCUT2D eigenvalue weighted by molar-refractivity contribution is -0.137. The van der Waals surface area contributed by atoms with E-state index in [1.54, 1.807) is 0 Å². The van der Waals surface area contributed by atoms with Crippen molar-refractivity contribution < 1.29 is 19.5 Å². The summed E-state index contributed by atoms with van der Waals surface area (Å²) in [6.45, 7) is 4.74. The molecule has 1 unspecified atom stereocenters. The first kappa shape index (κ1) is 18.2. The minimum Gasteiger partial charge on any atom is -0.481 e. The molecular weight excluding hydrogens is 262 g/mol. The minimum atomic E-state index is -0.943. The summed E-state index contributed by atoms with van der Waals surface area (Å²) in [5.41, 5.74) is 0. The Morgan fingerprint density at radius 1 is 1.20 bits per heavy atom. The zero-order valence-corrected chi connectivity index (χ0v) is 12.4. The van der Waals surface area contributed by atoms with Crippen LogP contribution < -0.4 is 10.6 Å². The predicted octanol–water partition coefficient (Wildman–Crippen LogP) is 0.655. The highest BCUT2D eigenvalue weighted by Gasteiger charge is 2.12. The Balaban J connectivity index is 3.75. The van der Waals surface area contributed by atoms with Gasteiger partial charge < -0.3 is 20.6 Å². The molecule has 20 heavy (non-hydrogen) atoms. The standard InChI is InChI=1S/C13H25N3O4/c1-4-5-10(2)12(19)14-7-8-15-13(20)16(3)9-6-11(17)18/h10H,4-9H2,1-3H3,(H,14,19)(H,15,20)(H,17,18). The number of carboxylic acids is 1. The van der Waals surface area contributed by atoms with Crippen LogP contribution in [0.5, 0.6) is 0 Å². The van der Waals surface area contributed by atoms with Gasteiger partial charge in [0.25, 0.3) is 0 Å². The molecular formula is C13H25N3O4. The number of rotatable bonds is 9. The zero-order chi connectivity index (χ0) is 15.5. The van der Waals surface area contributed by atoms with E-state index >= 15 is 0 Å². The van der Waals surface area contributed by atoms with Gasteiger partial charge in [-0.2, -0.15) is 0 Å². The molecule has 0 bridgehead atoms. The third kappa shape index (κ3) is 8.34. The van der Waals surface area contributed by atoms with Crippen LogP contribution in [0.2, 0.25) is 0 Å². The highest BCUT2D eigenvalue weighted by molar-refractivity contribution is 5.78. The van der Waals surface area contributed by atoms with Crippen LogP contribution in [0.3, 0.4) is 0 Å². The molecule has 0 saturated heterocycles. The van der Waals surface area contributed by atoms with Gasteiger partial charge in [-0.3, -0.25) is 9.59 Å². The number of carbonyl (C=O) groups is 3. The molecule has 7 nitrogen and oxygen atoms in total. The average Bonchev–Trinajstić information content (AvgIpc) is 2.40. The molecule has 1 atom stereocenters. The number of urea groups is 1. The molecule has 3 amide bonds. The maximum atomic E-state index is 11.6. The van der Waals surface area contributed by atoms with E-state index in [4.69, 9.17) is 5.11 Å². The molecule has 0 aliphatic rings. The van der Waals surface area contributed by atoms with Crippen LogP contribution in [0.15, 0.2) is 0 Å². The van der Waals surface area contributed by atoms with Crippen molar-refractivity contribution in [3.63, 3.8) is 0 Å². The summed E-state index contributed by atoms with van der Waals surface area (Å²) in [7, 11) is 1.53. The van der Waals surface area contributed by atoms with Gasteiger partial charge in [0, 0.05) is 32.6 Å².